The molecule has 2 amide bonds. The van der Waals surface area contributed by atoms with E-state index in [4.69, 9.17) is 23.2 Å². The largest absolute Gasteiger partial charge is 0.351 e. The Morgan fingerprint density at radius 2 is 1.79 bits per heavy atom. The highest BCUT2D eigenvalue weighted by molar-refractivity contribution is 6.36. The third-order valence-electron chi connectivity index (χ3n) is 3.02. The molecule has 8 heteroatoms. The van der Waals surface area contributed by atoms with Gasteiger partial charge in [-0.1, -0.05) is 23.2 Å². The summed E-state index contributed by atoms with van der Waals surface area (Å²) in [5.41, 5.74) is 0.0968. The van der Waals surface area contributed by atoms with Gasteiger partial charge in [0.05, 0.1) is 16.3 Å². The first-order chi connectivity index (χ1) is 11.4. The lowest BCUT2D eigenvalue weighted by Gasteiger charge is -2.09. The number of anilines is 1. The number of carbonyl (C=O) groups excluding carboxylic acids is 2. The van der Waals surface area contributed by atoms with Crippen LogP contribution in [0.5, 0.6) is 0 Å². The van der Waals surface area contributed by atoms with Gasteiger partial charge < -0.3 is 10.6 Å². The van der Waals surface area contributed by atoms with Crippen LogP contribution in [0.4, 0.5) is 14.5 Å². The van der Waals surface area contributed by atoms with Crippen LogP contribution in [-0.2, 0) is 4.79 Å². The number of hydrogen-bond acceptors (Lipinski definition) is 2. The first kappa shape index (κ1) is 18.2. The van der Waals surface area contributed by atoms with E-state index in [-0.39, 0.29) is 29.5 Å². The van der Waals surface area contributed by atoms with Crippen molar-refractivity contribution in [3.8, 4) is 0 Å². The summed E-state index contributed by atoms with van der Waals surface area (Å²) in [7, 11) is 0. The molecule has 2 aromatic rings. The minimum atomic E-state index is -0.968. The molecule has 0 atom stereocenters. The minimum Gasteiger partial charge on any atom is -0.351 e. The Morgan fingerprint density at radius 3 is 2.46 bits per heavy atom. The molecule has 0 radical (unpaired) electrons. The van der Waals surface area contributed by atoms with Gasteiger partial charge in [0.25, 0.3) is 5.91 Å². The Labute approximate surface area is 146 Å². The molecule has 2 N–H and O–H groups in total. The molecular formula is C16H12Cl2F2N2O2. The normalized spacial score (nSPS) is 10.3. The number of benzene rings is 2. The number of carbonyl (C=O) groups is 2. The third-order valence-corrected chi connectivity index (χ3v) is 3.57. The lowest BCUT2D eigenvalue weighted by molar-refractivity contribution is -0.116. The van der Waals surface area contributed by atoms with E-state index in [2.05, 4.69) is 10.6 Å². The van der Waals surface area contributed by atoms with E-state index in [1.165, 1.54) is 6.07 Å². The number of amides is 2. The van der Waals surface area contributed by atoms with Crippen molar-refractivity contribution in [3.63, 3.8) is 0 Å². The van der Waals surface area contributed by atoms with Crippen LogP contribution in [0.1, 0.15) is 16.8 Å². The van der Waals surface area contributed by atoms with E-state index in [1.807, 2.05) is 0 Å². The van der Waals surface area contributed by atoms with Crippen molar-refractivity contribution in [2.45, 2.75) is 6.42 Å². The topological polar surface area (TPSA) is 58.2 Å². The summed E-state index contributed by atoms with van der Waals surface area (Å²) in [6.07, 6.45) is -0.0481. The van der Waals surface area contributed by atoms with Crippen molar-refractivity contribution in [3.05, 3.63) is 63.6 Å². The van der Waals surface area contributed by atoms with E-state index >= 15 is 0 Å². The molecule has 0 aliphatic heterocycles. The average molecular weight is 373 g/mol. The zero-order valence-corrected chi connectivity index (χ0v) is 13.7. The molecule has 126 valence electrons. The fourth-order valence-electron chi connectivity index (χ4n) is 1.86. The zero-order valence-electron chi connectivity index (χ0n) is 12.2. The van der Waals surface area contributed by atoms with Crippen LogP contribution in [-0.4, -0.2) is 18.4 Å². The lowest BCUT2D eigenvalue weighted by Crippen LogP contribution is -2.28. The predicted molar refractivity (Wildman–Crippen MR) is 88.4 cm³/mol. The van der Waals surface area contributed by atoms with Gasteiger partial charge in [0.15, 0.2) is 0 Å². The summed E-state index contributed by atoms with van der Waals surface area (Å²) in [5, 5.41) is 5.67. The minimum absolute atomic E-state index is 0.0211. The molecule has 4 nitrogen and oxygen atoms in total. The van der Waals surface area contributed by atoms with E-state index in [0.717, 1.165) is 12.1 Å². The number of rotatable bonds is 5. The summed E-state index contributed by atoms with van der Waals surface area (Å²) in [6.45, 7) is -0.0211. The van der Waals surface area contributed by atoms with Crippen LogP contribution in [0, 0.1) is 11.6 Å². The third kappa shape index (κ3) is 4.91. The molecule has 0 saturated carbocycles. The molecule has 0 saturated heterocycles. The standard InChI is InChI=1S/C16H12Cl2F2N2O2/c17-9-1-4-14(12(18)7-9)22-15(23)5-6-21-16(24)11-3-2-10(19)8-13(11)20/h1-4,7-8H,5-6H2,(H,21,24)(H,22,23). The second kappa shape index (κ2) is 8.08. The van der Waals surface area contributed by atoms with Gasteiger partial charge in [-0.25, -0.2) is 8.78 Å². The van der Waals surface area contributed by atoms with Crippen LogP contribution >= 0.6 is 23.2 Å². The first-order valence-corrected chi connectivity index (χ1v) is 7.60. The first-order valence-electron chi connectivity index (χ1n) is 6.85. The van der Waals surface area contributed by atoms with Crippen molar-refractivity contribution < 1.29 is 18.4 Å². The van der Waals surface area contributed by atoms with Gasteiger partial charge in [-0.05, 0) is 30.3 Å². The quantitative estimate of drug-likeness (QED) is 0.832. The summed E-state index contributed by atoms with van der Waals surface area (Å²) in [5.74, 6) is -2.86. The summed E-state index contributed by atoms with van der Waals surface area (Å²) >= 11 is 11.7. The Kier molecular flexibility index (Phi) is 6.11. The van der Waals surface area contributed by atoms with Crippen LogP contribution in [0.25, 0.3) is 0 Å². The number of halogens is 4. The van der Waals surface area contributed by atoms with Crippen LogP contribution in [0.15, 0.2) is 36.4 Å². The molecule has 2 rings (SSSR count). The molecule has 2 aromatic carbocycles. The maximum atomic E-state index is 13.4. The summed E-state index contributed by atoms with van der Waals surface area (Å²) in [6, 6.07) is 7.24. The van der Waals surface area contributed by atoms with Gasteiger partial charge in [-0.15, -0.1) is 0 Å². The molecule has 0 spiro atoms. The van der Waals surface area contributed by atoms with Crippen molar-refractivity contribution in [1.82, 2.24) is 5.32 Å². The van der Waals surface area contributed by atoms with Crippen molar-refractivity contribution in [2.75, 3.05) is 11.9 Å². The predicted octanol–water partition coefficient (Wildman–Crippen LogP) is 4.03. The van der Waals surface area contributed by atoms with Gasteiger partial charge in [-0.3, -0.25) is 9.59 Å². The van der Waals surface area contributed by atoms with Gasteiger partial charge >= 0.3 is 0 Å². The number of hydrogen-bond donors (Lipinski definition) is 2. The average Bonchev–Trinajstić information content (AvgIpc) is 2.50. The number of nitrogens with one attached hydrogen (secondary N) is 2. The molecule has 0 fully saturated rings. The Bertz CT molecular complexity index is 785. The van der Waals surface area contributed by atoms with E-state index < -0.39 is 17.5 Å². The molecule has 0 aromatic heterocycles. The fraction of sp³-hybridized carbons (Fsp3) is 0.125. The fourth-order valence-corrected chi connectivity index (χ4v) is 2.32. The van der Waals surface area contributed by atoms with Crippen molar-refractivity contribution in [1.29, 1.82) is 0 Å². The lowest BCUT2D eigenvalue weighted by atomic mass is 10.2. The van der Waals surface area contributed by atoms with E-state index in [1.54, 1.807) is 12.1 Å². The Hall–Kier alpha value is -2.18. The van der Waals surface area contributed by atoms with Crippen LogP contribution in [0.3, 0.4) is 0 Å². The molecule has 0 unspecified atom stereocenters. The van der Waals surface area contributed by atoms with Crippen LogP contribution in [0.2, 0.25) is 10.0 Å². The van der Waals surface area contributed by atoms with Crippen molar-refractivity contribution >= 4 is 40.7 Å². The summed E-state index contributed by atoms with van der Waals surface area (Å²) < 4.78 is 26.2. The van der Waals surface area contributed by atoms with E-state index in [0.29, 0.717) is 16.8 Å². The van der Waals surface area contributed by atoms with Gasteiger partial charge in [0.1, 0.15) is 11.6 Å². The smallest absolute Gasteiger partial charge is 0.254 e. The second-order valence-electron chi connectivity index (χ2n) is 4.80. The Morgan fingerprint density at radius 1 is 1.04 bits per heavy atom. The van der Waals surface area contributed by atoms with Gasteiger partial charge in [0.2, 0.25) is 5.91 Å². The highest BCUT2D eigenvalue weighted by atomic mass is 35.5. The second-order valence-corrected chi connectivity index (χ2v) is 5.65. The molecule has 0 aliphatic rings. The molecule has 0 heterocycles. The SMILES string of the molecule is O=C(CCNC(=O)c1ccc(F)cc1F)Nc1ccc(Cl)cc1Cl. The molecule has 0 aliphatic carbocycles. The zero-order chi connectivity index (χ0) is 17.7. The maximum Gasteiger partial charge on any atom is 0.254 e. The van der Waals surface area contributed by atoms with Crippen molar-refractivity contribution in [2.24, 2.45) is 0 Å². The van der Waals surface area contributed by atoms with Gasteiger partial charge in [0, 0.05) is 24.1 Å². The Balaban J connectivity index is 1.85. The monoisotopic (exact) mass is 372 g/mol. The highest BCUT2D eigenvalue weighted by Crippen LogP contribution is 2.25. The molecular weight excluding hydrogens is 361 g/mol. The van der Waals surface area contributed by atoms with E-state index in [9.17, 15) is 18.4 Å². The summed E-state index contributed by atoms with van der Waals surface area (Å²) in [4.78, 5) is 23.6. The van der Waals surface area contributed by atoms with Gasteiger partial charge in [-0.2, -0.15) is 0 Å². The maximum absolute atomic E-state index is 13.4. The molecule has 24 heavy (non-hydrogen) atoms. The van der Waals surface area contributed by atoms with Crippen LogP contribution < -0.4 is 10.6 Å². The molecule has 0 bridgehead atoms. The highest BCUT2D eigenvalue weighted by Gasteiger charge is 2.13.